The van der Waals surface area contributed by atoms with Crippen molar-refractivity contribution in [1.82, 2.24) is 10.2 Å². The van der Waals surface area contributed by atoms with E-state index in [1.165, 1.54) is 0 Å². The first kappa shape index (κ1) is 16.6. The van der Waals surface area contributed by atoms with Gasteiger partial charge in [0, 0.05) is 31.3 Å². The summed E-state index contributed by atoms with van der Waals surface area (Å²) >= 11 is 6.07. The van der Waals surface area contributed by atoms with Crippen molar-refractivity contribution in [1.29, 1.82) is 0 Å². The highest BCUT2D eigenvalue weighted by Crippen LogP contribution is 2.39. The van der Waals surface area contributed by atoms with Gasteiger partial charge in [-0.2, -0.15) is 0 Å². The molecule has 23 heavy (non-hydrogen) atoms. The van der Waals surface area contributed by atoms with Gasteiger partial charge in [0.2, 0.25) is 0 Å². The van der Waals surface area contributed by atoms with E-state index in [0.717, 1.165) is 57.6 Å². The molecule has 3 rings (SSSR count). The first-order chi connectivity index (χ1) is 11.1. The van der Waals surface area contributed by atoms with Crippen LogP contribution >= 0.6 is 11.6 Å². The Kier molecular flexibility index (Phi) is 5.12. The third-order valence-electron chi connectivity index (χ3n) is 5.24. The van der Waals surface area contributed by atoms with Crippen molar-refractivity contribution in [3.63, 3.8) is 0 Å². The zero-order chi connectivity index (χ0) is 16.3. The molecule has 0 aliphatic carbocycles. The first-order valence-corrected chi connectivity index (χ1v) is 8.88. The average molecular weight is 337 g/mol. The van der Waals surface area contributed by atoms with E-state index in [9.17, 15) is 4.79 Å². The fraction of sp³-hybridized carbons (Fsp3) is 0.611. The smallest absolute Gasteiger partial charge is 0.317 e. The number of halogens is 1. The van der Waals surface area contributed by atoms with Gasteiger partial charge in [0.05, 0.1) is 6.04 Å². The zero-order valence-electron chi connectivity index (χ0n) is 13.7. The number of carbonyl (C=O) groups is 1. The summed E-state index contributed by atoms with van der Waals surface area (Å²) in [6.45, 7) is 5.44. The van der Waals surface area contributed by atoms with E-state index in [0.29, 0.717) is 5.02 Å². The summed E-state index contributed by atoms with van der Waals surface area (Å²) < 4.78 is 5.47. The molecule has 2 amide bonds. The molecule has 126 valence electrons. The number of urea groups is 1. The Morgan fingerprint density at radius 3 is 2.87 bits per heavy atom. The summed E-state index contributed by atoms with van der Waals surface area (Å²) in [6, 6.07) is 7.78. The van der Waals surface area contributed by atoms with E-state index in [2.05, 4.69) is 12.2 Å². The molecule has 1 aromatic carbocycles. The number of ether oxygens (including phenoxy) is 1. The third-order valence-corrected chi connectivity index (χ3v) is 5.47. The highest BCUT2D eigenvalue weighted by molar-refractivity contribution is 6.30. The second kappa shape index (κ2) is 7.10. The van der Waals surface area contributed by atoms with Crippen molar-refractivity contribution in [2.24, 2.45) is 5.41 Å². The average Bonchev–Trinajstić information content (AvgIpc) is 2.96. The fourth-order valence-corrected chi connectivity index (χ4v) is 3.90. The molecule has 2 aliphatic heterocycles. The highest BCUT2D eigenvalue weighted by atomic mass is 35.5. The van der Waals surface area contributed by atoms with Gasteiger partial charge in [-0.3, -0.25) is 0 Å². The maximum atomic E-state index is 12.6. The van der Waals surface area contributed by atoms with E-state index >= 15 is 0 Å². The Bertz CT molecular complexity index is 558. The molecule has 0 saturated carbocycles. The highest BCUT2D eigenvalue weighted by Gasteiger charge is 2.41. The molecule has 1 aromatic rings. The Labute approximate surface area is 143 Å². The van der Waals surface area contributed by atoms with E-state index in [-0.39, 0.29) is 17.5 Å². The fourth-order valence-electron chi connectivity index (χ4n) is 3.71. The molecule has 5 heteroatoms. The van der Waals surface area contributed by atoms with Gasteiger partial charge in [-0.15, -0.1) is 0 Å². The van der Waals surface area contributed by atoms with Crippen LogP contribution in [0.25, 0.3) is 0 Å². The van der Waals surface area contributed by atoms with Crippen LogP contribution in [0.3, 0.4) is 0 Å². The number of carbonyl (C=O) groups excluding carboxylic acids is 1. The summed E-state index contributed by atoms with van der Waals surface area (Å²) in [5.74, 6) is 0. The summed E-state index contributed by atoms with van der Waals surface area (Å²) in [5, 5.41) is 3.88. The normalized spacial score (nSPS) is 21.4. The summed E-state index contributed by atoms with van der Waals surface area (Å²) in [7, 11) is 0. The predicted molar refractivity (Wildman–Crippen MR) is 91.7 cm³/mol. The molecule has 0 unspecified atom stereocenters. The van der Waals surface area contributed by atoms with Crippen molar-refractivity contribution < 1.29 is 9.53 Å². The van der Waals surface area contributed by atoms with Crippen LogP contribution < -0.4 is 5.32 Å². The molecular weight excluding hydrogens is 312 g/mol. The molecule has 2 heterocycles. The number of likely N-dealkylation sites (tertiary alicyclic amines) is 1. The van der Waals surface area contributed by atoms with Crippen molar-refractivity contribution in [3.05, 3.63) is 34.9 Å². The number of nitrogens with zero attached hydrogens (tertiary/aromatic N) is 1. The molecule has 2 fully saturated rings. The van der Waals surface area contributed by atoms with Gasteiger partial charge in [0.1, 0.15) is 0 Å². The van der Waals surface area contributed by atoms with Gasteiger partial charge in [-0.25, -0.2) is 4.79 Å². The van der Waals surface area contributed by atoms with Crippen molar-refractivity contribution in [3.8, 4) is 0 Å². The summed E-state index contributed by atoms with van der Waals surface area (Å²) in [5.41, 5.74) is 1.35. The molecule has 0 bridgehead atoms. The molecule has 2 saturated heterocycles. The Morgan fingerprint density at radius 2 is 2.17 bits per heavy atom. The predicted octanol–water partition coefficient (Wildman–Crippen LogP) is 4.00. The number of nitrogens with one attached hydrogen (secondary N) is 1. The second-order valence-electron chi connectivity index (χ2n) is 6.75. The lowest BCUT2D eigenvalue weighted by molar-refractivity contribution is 0.0208. The number of benzene rings is 1. The van der Waals surface area contributed by atoms with Gasteiger partial charge in [0.25, 0.3) is 0 Å². The monoisotopic (exact) mass is 336 g/mol. The first-order valence-electron chi connectivity index (χ1n) is 8.50. The third kappa shape index (κ3) is 3.81. The molecule has 1 spiro atoms. The molecule has 2 aliphatic rings. The molecule has 4 nitrogen and oxygen atoms in total. The molecule has 1 N–H and O–H groups in total. The standard InChI is InChI=1S/C18H25ClN2O2/c1-2-16(14-4-3-5-15(19)12-14)20-17(22)21-9-6-18(13-21)7-10-23-11-8-18/h3-5,12,16H,2,6-11,13H2,1H3,(H,20,22)/t16-/m1/s1. The van der Waals surface area contributed by atoms with Crippen LogP contribution in [0.15, 0.2) is 24.3 Å². The minimum atomic E-state index is 0.00689. The largest absolute Gasteiger partial charge is 0.381 e. The lowest BCUT2D eigenvalue weighted by atomic mass is 9.80. The maximum absolute atomic E-state index is 12.6. The minimum Gasteiger partial charge on any atom is -0.381 e. The zero-order valence-corrected chi connectivity index (χ0v) is 14.4. The van der Waals surface area contributed by atoms with Crippen LogP contribution in [0.2, 0.25) is 5.02 Å². The van der Waals surface area contributed by atoms with Crippen LogP contribution in [-0.2, 0) is 4.74 Å². The molecular formula is C18H25ClN2O2. The van der Waals surface area contributed by atoms with E-state index in [1.807, 2.05) is 29.2 Å². The maximum Gasteiger partial charge on any atom is 0.317 e. The van der Waals surface area contributed by atoms with Gasteiger partial charge < -0.3 is 15.0 Å². The Morgan fingerprint density at radius 1 is 1.39 bits per heavy atom. The van der Waals surface area contributed by atoms with E-state index in [1.54, 1.807) is 0 Å². The van der Waals surface area contributed by atoms with Gasteiger partial charge >= 0.3 is 6.03 Å². The topological polar surface area (TPSA) is 41.6 Å². The SMILES string of the molecule is CC[C@@H](NC(=O)N1CCC2(CCOCC2)C1)c1cccc(Cl)c1. The molecule has 0 aromatic heterocycles. The second-order valence-corrected chi connectivity index (χ2v) is 7.19. The van der Waals surface area contributed by atoms with Gasteiger partial charge in [-0.1, -0.05) is 30.7 Å². The Balaban J connectivity index is 1.62. The van der Waals surface area contributed by atoms with Crippen LogP contribution in [0.5, 0.6) is 0 Å². The lowest BCUT2D eigenvalue weighted by Gasteiger charge is -2.33. The van der Waals surface area contributed by atoms with Crippen molar-refractivity contribution in [2.45, 2.75) is 38.6 Å². The van der Waals surface area contributed by atoms with Crippen molar-refractivity contribution in [2.75, 3.05) is 26.3 Å². The van der Waals surface area contributed by atoms with E-state index < -0.39 is 0 Å². The van der Waals surface area contributed by atoms with Gasteiger partial charge in [0.15, 0.2) is 0 Å². The van der Waals surface area contributed by atoms with Crippen LogP contribution in [0.4, 0.5) is 4.79 Å². The van der Waals surface area contributed by atoms with Gasteiger partial charge in [-0.05, 0) is 48.8 Å². The number of amides is 2. The van der Waals surface area contributed by atoms with Crippen LogP contribution in [-0.4, -0.2) is 37.2 Å². The lowest BCUT2D eigenvalue weighted by Crippen LogP contribution is -2.42. The number of rotatable bonds is 3. The Hall–Kier alpha value is -1.26. The minimum absolute atomic E-state index is 0.00689. The van der Waals surface area contributed by atoms with Crippen molar-refractivity contribution >= 4 is 17.6 Å². The quantitative estimate of drug-likeness (QED) is 0.906. The number of hydrogen-bond donors (Lipinski definition) is 1. The summed E-state index contributed by atoms with van der Waals surface area (Å²) in [6.07, 6.45) is 4.08. The summed E-state index contributed by atoms with van der Waals surface area (Å²) in [4.78, 5) is 14.6. The molecule has 0 radical (unpaired) electrons. The van der Waals surface area contributed by atoms with Crippen LogP contribution in [0, 0.1) is 5.41 Å². The molecule has 1 atom stereocenters. The van der Waals surface area contributed by atoms with E-state index in [4.69, 9.17) is 16.3 Å². The number of hydrogen-bond acceptors (Lipinski definition) is 2. The van der Waals surface area contributed by atoms with Crippen LogP contribution in [0.1, 0.15) is 44.2 Å².